The van der Waals surface area contributed by atoms with Crippen molar-refractivity contribution in [3.63, 3.8) is 0 Å². The number of rotatable bonds is 3. The van der Waals surface area contributed by atoms with Crippen molar-refractivity contribution in [1.29, 1.82) is 0 Å². The van der Waals surface area contributed by atoms with Crippen molar-refractivity contribution in [2.45, 2.75) is 19.0 Å². The molecule has 7 heteroatoms. The summed E-state index contributed by atoms with van der Waals surface area (Å²) in [5, 5.41) is 0. The second-order valence-electron chi connectivity index (χ2n) is 7.05. The molecule has 0 bridgehead atoms. The number of benzene rings is 2. The largest absolute Gasteiger partial charge is 0.334 e. The van der Waals surface area contributed by atoms with E-state index in [9.17, 15) is 18.8 Å². The number of amides is 4. The van der Waals surface area contributed by atoms with Gasteiger partial charge in [0.25, 0.3) is 11.8 Å². The van der Waals surface area contributed by atoms with Crippen LogP contribution in [0.4, 0.5) is 9.18 Å². The molecule has 2 aromatic rings. The molecule has 0 radical (unpaired) electrons. The molecule has 2 aliphatic heterocycles. The Bertz CT molecular complexity index is 934. The Hall–Kier alpha value is -3.22. The number of imide groups is 1. The second kappa shape index (κ2) is 7.07. The van der Waals surface area contributed by atoms with E-state index in [-0.39, 0.29) is 42.5 Å². The van der Waals surface area contributed by atoms with Crippen LogP contribution < -0.4 is 0 Å². The van der Waals surface area contributed by atoms with Crippen LogP contribution in [0.1, 0.15) is 28.9 Å². The summed E-state index contributed by atoms with van der Waals surface area (Å²) >= 11 is 0. The molecule has 0 aliphatic carbocycles. The minimum absolute atomic E-state index is 0.109. The maximum absolute atomic E-state index is 13.4. The Morgan fingerprint density at radius 1 is 1.07 bits per heavy atom. The van der Waals surface area contributed by atoms with Gasteiger partial charge in [-0.25, -0.2) is 9.18 Å². The lowest BCUT2D eigenvalue weighted by atomic mass is 10.1. The summed E-state index contributed by atoms with van der Waals surface area (Å²) in [6.07, 6.45) is 0. The second-order valence-corrected chi connectivity index (χ2v) is 7.05. The van der Waals surface area contributed by atoms with Gasteiger partial charge in [-0.15, -0.1) is 0 Å². The number of halogens is 1. The zero-order valence-corrected chi connectivity index (χ0v) is 15.4. The van der Waals surface area contributed by atoms with E-state index >= 15 is 0 Å². The van der Waals surface area contributed by atoms with Gasteiger partial charge in [-0.1, -0.05) is 36.4 Å². The smallest absolute Gasteiger partial charge is 0.328 e. The Labute approximate surface area is 162 Å². The molecule has 0 N–H and O–H groups in total. The molecular formula is C21H20FN3O3. The normalized spacial score (nSPS) is 20.4. The Kier molecular flexibility index (Phi) is 4.58. The van der Waals surface area contributed by atoms with Gasteiger partial charge in [0.15, 0.2) is 0 Å². The predicted octanol–water partition coefficient (Wildman–Crippen LogP) is 2.68. The monoisotopic (exact) mass is 381 g/mol. The molecule has 2 aromatic carbocycles. The maximum atomic E-state index is 13.4. The highest BCUT2D eigenvalue weighted by molar-refractivity contribution is 6.05. The van der Waals surface area contributed by atoms with Crippen molar-refractivity contribution < 1.29 is 18.8 Å². The molecule has 2 atom stereocenters. The standard InChI is InChI=1S/C21H20FN3O3/c1-14(15-6-3-2-4-7-15)25-20(27)18-13-23(10-11-24(18)21(25)28)19(26)16-8-5-9-17(22)12-16/h2-9,12,14,18H,10-11,13H2,1H3/t14-,18+/m0/s1. The average Bonchev–Trinajstić information content (AvgIpc) is 2.97. The third-order valence-corrected chi connectivity index (χ3v) is 5.38. The third-order valence-electron chi connectivity index (χ3n) is 5.38. The number of carbonyl (C=O) groups is 3. The lowest BCUT2D eigenvalue weighted by molar-refractivity contribution is -0.130. The van der Waals surface area contributed by atoms with Gasteiger partial charge >= 0.3 is 6.03 Å². The minimum atomic E-state index is -0.704. The van der Waals surface area contributed by atoms with E-state index in [0.717, 1.165) is 5.56 Å². The van der Waals surface area contributed by atoms with Crippen LogP contribution in [0.5, 0.6) is 0 Å². The fourth-order valence-electron chi connectivity index (χ4n) is 3.84. The van der Waals surface area contributed by atoms with Crippen LogP contribution in [0, 0.1) is 5.82 Å². The molecule has 0 unspecified atom stereocenters. The lowest BCUT2D eigenvalue weighted by Crippen LogP contribution is -2.54. The average molecular weight is 381 g/mol. The molecular weight excluding hydrogens is 361 g/mol. The van der Waals surface area contributed by atoms with Crippen molar-refractivity contribution in [3.05, 3.63) is 71.5 Å². The van der Waals surface area contributed by atoms with Crippen LogP contribution in [0.15, 0.2) is 54.6 Å². The van der Waals surface area contributed by atoms with Crippen molar-refractivity contribution >= 4 is 17.8 Å². The SMILES string of the molecule is C[C@@H](c1ccccc1)N1C(=O)[C@H]2CN(C(=O)c3cccc(F)c3)CCN2C1=O. The first-order valence-electron chi connectivity index (χ1n) is 9.21. The van der Waals surface area contributed by atoms with Crippen LogP contribution in [-0.4, -0.2) is 58.2 Å². The molecule has 0 spiro atoms. The van der Waals surface area contributed by atoms with E-state index in [1.807, 2.05) is 37.3 Å². The van der Waals surface area contributed by atoms with Gasteiger partial charge in [-0.05, 0) is 30.7 Å². The first-order chi connectivity index (χ1) is 13.5. The van der Waals surface area contributed by atoms with E-state index in [1.165, 1.54) is 32.9 Å². The number of fused-ring (bicyclic) bond motifs is 1. The minimum Gasteiger partial charge on any atom is -0.334 e. The van der Waals surface area contributed by atoms with Gasteiger partial charge < -0.3 is 9.80 Å². The van der Waals surface area contributed by atoms with E-state index < -0.39 is 11.9 Å². The molecule has 4 amide bonds. The van der Waals surface area contributed by atoms with Crippen LogP contribution in [-0.2, 0) is 4.79 Å². The highest BCUT2D eigenvalue weighted by Crippen LogP contribution is 2.30. The molecule has 2 saturated heterocycles. The topological polar surface area (TPSA) is 60.9 Å². The summed E-state index contributed by atoms with van der Waals surface area (Å²) in [7, 11) is 0. The third kappa shape index (κ3) is 3.02. The Balaban J connectivity index is 1.54. The number of nitrogens with zero attached hydrogens (tertiary/aromatic N) is 3. The van der Waals surface area contributed by atoms with Gasteiger partial charge in [-0.2, -0.15) is 0 Å². The molecule has 6 nitrogen and oxygen atoms in total. The molecule has 2 fully saturated rings. The Morgan fingerprint density at radius 3 is 2.54 bits per heavy atom. The fraction of sp³-hybridized carbons (Fsp3) is 0.286. The van der Waals surface area contributed by atoms with Crippen molar-refractivity contribution in [2.24, 2.45) is 0 Å². The summed E-state index contributed by atoms with van der Waals surface area (Å²) in [5.41, 5.74) is 1.11. The summed E-state index contributed by atoms with van der Waals surface area (Å²) in [4.78, 5) is 42.8. The summed E-state index contributed by atoms with van der Waals surface area (Å²) < 4.78 is 13.4. The van der Waals surface area contributed by atoms with Gasteiger partial charge in [0, 0.05) is 18.7 Å². The molecule has 2 aliphatic rings. The Morgan fingerprint density at radius 2 is 1.82 bits per heavy atom. The highest BCUT2D eigenvalue weighted by atomic mass is 19.1. The van der Waals surface area contributed by atoms with E-state index in [0.29, 0.717) is 6.54 Å². The molecule has 28 heavy (non-hydrogen) atoms. The number of hydrogen-bond donors (Lipinski definition) is 0. The zero-order valence-electron chi connectivity index (χ0n) is 15.4. The zero-order chi connectivity index (χ0) is 19.8. The van der Waals surface area contributed by atoms with Crippen molar-refractivity contribution in [3.8, 4) is 0 Å². The van der Waals surface area contributed by atoms with Crippen LogP contribution in [0.3, 0.4) is 0 Å². The molecule has 0 saturated carbocycles. The fourth-order valence-corrected chi connectivity index (χ4v) is 3.84. The number of carbonyl (C=O) groups excluding carboxylic acids is 3. The quantitative estimate of drug-likeness (QED) is 0.768. The number of urea groups is 1. The lowest BCUT2D eigenvalue weighted by Gasteiger charge is -2.35. The molecule has 2 heterocycles. The van der Waals surface area contributed by atoms with Gasteiger partial charge in [0.2, 0.25) is 0 Å². The summed E-state index contributed by atoms with van der Waals surface area (Å²) in [6.45, 7) is 2.50. The van der Waals surface area contributed by atoms with Crippen molar-refractivity contribution in [2.75, 3.05) is 19.6 Å². The number of piperazine rings is 1. The van der Waals surface area contributed by atoms with Crippen molar-refractivity contribution in [1.82, 2.24) is 14.7 Å². The van der Waals surface area contributed by atoms with E-state index in [1.54, 1.807) is 6.07 Å². The van der Waals surface area contributed by atoms with Gasteiger partial charge in [-0.3, -0.25) is 14.5 Å². The molecule has 4 rings (SSSR count). The first kappa shape index (κ1) is 18.2. The maximum Gasteiger partial charge on any atom is 0.328 e. The van der Waals surface area contributed by atoms with Gasteiger partial charge in [0.1, 0.15) is 11.9 Å². The summed E-state index contributed by atoms with van der Waals surface area (Å²) in [6, 6.07) is 13.4. The molecule has 0 aromatic heterocycles. The van der Waals surface area contributed by atoms with E-state index in [4.69, 9.17) is 0 Å². The van der Waals surface area contributed by atoms with Crippen LogP contribution >= 0.6 is 0 Å². The first-order valence-corrected chi connectivity index (χ1v) is 9.21. The van der Waals surface area contributed by atoms with Gasteiger partial charge in [0.05, 0.1) is 12.6 Å². The van der Waals surface area contributed by atoms with Crippen LogP contribution in [0.25, 0.3) is 0 Å². The summed E-state index contributed by atoms with van der Waals surface area (Å²) in [5.74, 6) is -1.13. The number of hydrogen-bond acceptors (Lipinski definition) is 3. The highest BCUT2D eigenvalue weighted by Gasteiger charge is 2.50. The molecule has 144 valence electrons. The van der Waals surface area contributed by atoms with Crippen LogP contribution in [0.2, 0.25) is 0 Å². The van der Waals surface area contributed by atoms with E-state index in [2.05, 4.69) is 0 Å². The predicted molar refractivity (Wildman–Crippen MR) is 99.9 cm³/mol.